The zero-order chi connectivity index (χ0) is 14.8. The maximum atomic E-state index is 5.55. The van der Waals surface area contributed by atoms with Crippen molar-refractivity contribution in [3.63, 3.8) is 0 Å². The predicted molar refractivity (Wildman–Crippen MR) is 94.5 cm³/mol. The first kappa shape index (κ1) is 14.9. The van der Waals surface area contributed by atoms with Gasteiger partial charge in [-0.05, 0) is 58.8 Å². The topological polar surface area (TPSA) is 28.2 Å². The number of rotatable bonds is 4. The molecule has 0 aliphatic carbocycles. The van der Waals surface area contributed by atoms with E-state index in [1.807, 2.05) is 18.3 Å². The number of nitrogens with zero attached hydrogens (tertiary/aromatic N) is 2. The number of thiophene rings is 1. The lowest BCUT2D eigenvalue weighted by Crippen LogP contribution is -2.29. The molecule has 2 aromatic heterocycles. The van der Waals surface area contributed by atoms with Gasteiger partial charge in [-0.1, -0.05) is 13.0 Å². The molecule has 2 atom stereocenters. The third kappa shape index (κ3) is 2.98. The van der Waals surface area contributed by atoms with Crippen molar-refractivity contribution < 1.29 is 0 Å². The van der Waals surface area contributed by atoms with Gasteiger partial charge < -0.3 is 10.2 Å². The second kappa shape index (κ2) is 6.42. The first-order valence-electron chi connectivity index (χ1n) is 6.94. The molecule has 6 heteroatoms. The summed E-state index contributed by atoms with van der Waals surface area (Å²) in [4.78, 5) is 8.11. The summed E-state index contributed by atoms with van der Waals surface area (Å²) in [5.41, 5.74) is 1.04. The summed E-state index contributed by atoms with van der Waals surface area (Å²) in [6.45, 7) is 3.13. The van der Waals surface area contributed by atoms with E-state index in [0.717, 1.165) is 27.6 Å². The van der Waals surface area contributed by atoms with Gasteiger partial charge in [0.2, 0.25) is 0 Å². The fourth-order valence-electron chi connectivity index (χ4n) is 2.68. The zero-order valence-electron chi connectivity index (χ0n) is 11.6. The number of hydrogen-bond donors (Lipinski definition) is 1. The maximum Gasteiger partial charge on any atom is 0.170 e. The molecule has 3 heterocycles. The zero-order valence-corrected chi connectivity index (χ0v) is 14.8. The molecule has 1 saturated heterocycles. The summed E-state index contributed by atoms with van der Waals surface area (Å²) in [6.07, 6.45) is 2.91. The standard InChI is InChI=1S/C15H16BrN3S2/c1-2-9-19-14(11-6-7-12(16)21-11)13(18-15(19)20)10-5-3-4-8-17-10/h3-8,13-14H,2,9H2,1H3,(H,18,20). The number of nitrogens with one attached hydrogen (secondary N) is 1. The minimum atomic E-state index is 0.107. The largest absolute Gasteiger partial charge is 0.352 e. The number of hydrogen-bond acceptors (Lipinski definition) is 3. The van der Waals surface area contributed by atoms with Crippen molar-refractivity contribution in [3.05, 3.63) is 50.9 Å². The average molecular weight is 382 g/mol. The lowest BCUT2D eigenvalue weighted by atomic mass is 10.0. The molecule has 0 bridgehead atoms. The van der Waals surface area contributed by atoms with Crippen LogP contribution in [0.4, 0.5) is 0 Å². The van der Waals surface area contributed by atoms with Crippen molar-refractivity contribution in [2.75, 3.05) is 6.54 Å². The Morgan fingerprint density at radius 3 is 2.86 bits per heavy atom. The van der Waals surface area contributed by atoms with Crippen LogP contribution >= 0.6 is 39.5 Å². The van der Waals surface area contributed by atoms with Crippen LogP contribution in [0.25, 0.3) is 0 Å². The lowest BCUT2D eigenvalue weighted by Gasteiger charge is -2.26. The van der Waals surface area contributed by atoms with Crippen molar-refractivity contribution in [3.8, 4) is 0 Å². The van der Waals surface area contributed by atoms with E-state index >= 15 is 0 Å². The first-order chi connectivity index (χ1) is 10.2. The van der Waals surface area contributed by atoms with Crippen LogP contribution in [0.15, 0.2) is 40.3 Å². The van der Waals surface area contributed by atoms with Crippen LogP contribution in [-0.4, -0.2) is 21.5 Å². The Morgan fingerprint density at radius 2 is 2.24 bits per heavy atom. The molecule has 2 unspecified atom stereocenters. The van der Waals surface area contributed by atoms with E-state index in [1.54, 1.807) is 11.3 Å². The summed E-state index contributed by atoms with van der Waals surface area (Å²) in [7, 11) is 0. The fraction of sp³-hybridized carbons (Fsp3) is 0.333. The Balaban J connectivity index is 2.00. The second-order valence-electron chi connectivity index (χ2n) is 4.96. The molecule has 1 aliphatic rings. The van der Waals surface area contributed by atoms with Crippen LogP contribution in [0.2, 0.25) is 0 Å². The van der Waals surface area contributed by atoms with Crippen LogP contribution in [-0.2, 0) is 0 Å². The Kier molecular flexibility index (Phi) is 4.57. The predicted octanol–water partition coefficient (Wildman–Crippen LogP) is 4.29. The summed E-state index contributed by atoms with van der Waals surface area (Å²) in [5.74, 6) is 0. The molecule has 0 aromatic carbocycles. The van der Waals surface area contributed by atoms with E-state index < -0.39 is 0 Å². The molecule has 0 radical (unpaired) electrons. The molecule has 21 heavy (non-hydrogen) atoms. The summed E-state index contributed by atoms with van der Waals surface area (Å²) < 4.78 is 1.14. The molecule has 0 spiro atoms. The van der Waals surface area contributed by atoms with Crippen molar-refractivity contribution >= 4 is 44.6 Å². The van der Waals surface area contributed by atoms with Gasteiger partial charge in [0, 0.05) is 17.6 Å². The van der Waals surface area contributed by atoms with Gasteiger partial charge in [0.05, 0.1) is 21.6 Å². The maximum absolute atomic E-state index is 5.55. The lowest BCUT2D eigenvalue weighted by molar-refractivity contribution is 0.322. The highest BCUT2D eigenvalue weighted by molar-refractivity contribution is 9.11. The van der Waals surface area contributed by atoms with Gasteiger partial charge in [-0.2, -0.15) is 0 Å². The van der Waals surface area contributed by atoms with E-state index in [2.05, 4.69) is 56.3 Å². The van der Waals surface area contributed by atoms with E-state index in [1.165, 1.54) is 4.88 Å². The summed E-state index contributed by atoms with van der Waals surface area (Å²) in [6, 6.07) is 10.6. The molecule has 0 saturated carbocycles. The Hall–Kier alpha value is -0.980. The molecule has 1 aliphatic heterocycles. The van der Waals surface area contributed by atoms with Crippen molar-refractivity contribution in [1.29, 1.82) is 0 Å². The smallest absolute Gasteiger partial charge is 0.170 e. The Labute approximate surface area is 142 Å². The van der Waals surface area contributed by atoms with Crippen LogP contribution in [0, 0.1) is 0 Å². The van der Waals surface area contributed by atoms with Gasteiger partial charge in [-0.3, -0.25) is 4.98 Å². The third-order valence-electron chi connectivity index (χ3n) is 3.55. The highest BCUT2D eigenvalue weighted by atomic mass is 79.9. The molecular formula is C15H16BrN3S2. The number of aromatic nitrogens is 1. The molecule has 1 N–H and O–H groups in total. The van der Waals surface area contributed by atoms with E-state index in [4.69, 9.17) is 12.2 Å². The third-order valence-corrected chi connectivity index (χ3v) is 5.59. The van der Waals surface area contributed by atoms with Crippen molar-refractivity contribution in [1.82, 2.24) is 15.2 Å². The molecular weight excluding hydrogens is 366 g/mol. The molecule has 1 fully saturated rings. The van der Waals surface area contributed by atoms with Gasteiger partial charge in [-0.25, -0.2) is 0 Å². The highest BCUT2D eigenvalue weighted by Gasteiger charge is 2.39. The number of pyridine rings is 1. The van der Waals surface area contributed by atoms with Gasteiger partial charge in [0.1, 0.15) is 0 Å². The SMILES string of the molecule is CCCN1C(=S)NC(c2ccccn2)C1c1ccc(Br)s1. The molecule has 110 valence electrons. The summed E-state index contributed by atoms with van der Waals surface area (Å²) in [5, 5.41) is 4.27. The van der Waals surface area contributed by atoms with Crippen LogP contribution in [0.1, 0.15) is 36.0 Å². The van der Waals surface area contributed by atoms with E-state index in [-0.39, 0.29) is 12.1 Å². The van der Waals surface area contributed by atoms with E-state index in [9.17, 15) is 0 Å². The molecule has 0 amide bonds. The van der Waals surface area contributed by atoms with Crippen molar-refractivity contribution in [2.24, 2.45) is 0 Å². The van der Waals surface area contributed by atoms with Crippen LogP contribution in [0.3, 0.4) is 0 Å². The van der Waals surface area contributed by atoms with Gasteiger partial charge in [-0.15, -0.1) is 11.3 Å². The Bertz CT molecular complexity index is 629. The van der Waals surface area contributed by atoms with Gasteiger partial charge >= 0.3 is 0 Å². The fourth-order valence-corrected chi connectivity index (χ4v) is 4.59. The monoisotopic (exact) mass is 381 g/mol. The number of thiocarbonyl (C=S) groups is 1. The van der Waals surface area contributed by atoms with Crippen LogP contribution < -0.4 is 5.32 Å². The van der Waals surface area contributed by atoms with E-state index in [0.29, 0.717) is 0 Å². The Morgan fingerprint density at radius 1 is 1.38 bits per heavy atom. The average Bonchev–Trinajstić information content (AvgIpc) is 3.05. The molecule has 3 rings (SSSR count). The van der Waals surface area contributed by atoms with Crippen LogP contribution in [0.5, 0.6) is 0 Å². The summed E-state index contributed by atoms with van der Waals surface area (Å²) >= 11 is 10.9. The quantitative estimate of drug-likeness (QED) is 0.799. The second-order valence-corrected chi connectivity index (χ2v) is 7.84. The van der Waals surface area contributed by atoms with Gasteiger partial charge in [0.25, 0.3) is 0 Å². The molecule has 2 aromatic rings. The molecule has 3 nitrogen and oxygen atoms in total. The normalized spacial score (nSPS) is 21.6. The first-order valence-corrected chi connectivity index (χ1v) is 8.95. The highest BCUT2D eigenvalue weighted by Crippen LogP contribution is 2.42. The minimum Gasteiger partial charge on any atom is -0.352 e. The van der Waals surface area contributed by atoms with Crippen molar-refractivity contribution in [2.45, 2.75) is 25.4 Å². The minimum absolute atomic E-state index is 0.107. The van der Waals surface area contributed by atoms with Gasteiger partial charge in [0.15, 0.2) is 5.11 Å². The number of halogens is 1.